The van der Waals surface area contributed by atoms with Crippen LogP contribution in [-0.2, 0) is 0 Å². The van der Waals surface area contributed by atoms with Gasteiger partial charge < -0.3 is 10.5 Å². The maximum absolute atomic E-state index is 6.12. The van der Waals surface area contributed by atoms with Crippen LogP contribution in [0.3, 0.4) is 0 Å². The van der Waals surface area contributed by atoms with Crippen molar-refractivity contribution in [2.24, 2.45) is 5.73 Å². The molecule has 1 aliphatic rings. The molecule has 0 aromatic carbocycles. The Hall–Kier alpha value is -1.16. The van der Waals surface area contributed by atoms with Crippen LogP contribution in [-0.4, -0.2) is 22.1 Å². The summed E-state index contributed by atoms with van der Waals surface area (Å²) in [5.41, 5.74) is 7.99. The largest absolute Gasteiger partial charge is 0.472 e. The molecule has 0 aliphatic heterocycles. The molecule has 0 saturated heterocycles. The highest BCUT2D eigenvalue weighted by Crippen LogP contribution is 2.21. The summed E-state index contributed by atoms with van der Waals surface area (Å²) in [6.45, 7) is 3.89. The number of aromatic nitrogens is 2. The molecule has 1 aromatic heterocycles. The number of ether oxygens (including phenoxy) is 1. The zero-order valence-electron chi connectivity index (χ0n) is 10.6. The van der Waals surface area contributed by atoms with Crippen LogP contribution < -0.4 is 10.5 Å². The van der Waals surface area contributed by atoms with E-state index in [0.29, 0.717) is 5.88 Å². The summed E-state index contributed by atoms with van der Waals surface area (Å²) in [7, 11) is 0. The predicted molar refractivity (Wildman–Crippen MR) is 67.0 cm³/mol. The molecule has 0 amide bonds. The average molecular weight is 235 g/mol. The maximum Gasteiger partial charge on any atom is 0.232 e. The van der Waals surface area contributed by atoms with Gasteiger partial charge in [0.05, 0.1) is 17.6 Å². The Bertz CT molecular complexity index is 381. The van der Waals surface area contributed by atoms with Gasteiger partial charge >= 0.3 is 0 Å². The molecule has 2 N–H and O–H groups in total. The van der Waals surface area contributed by atoms with Crippen molar-refractivity contribution in [3.63, 3.8) is 0 Å². The summed E-state index contributed by atoms with van der Waals surface area (Å²) in [5.74, 6) is 0.607. The summed E-state index contributed by atoms with van der Waals surface area (Å²) in [4.78, 5) is 8.66. The lowest BCUT2D eigenvalue weighted by atomic mass is 10.1. The molecule has 4 heteroatoms. The van der Waals surface area contributed by atoms with Gasteiger partial charge in [-0.1, -0.05) is 12.8 Å². The van der Waals surface area contributed by atoms with Gasteiger partial charge in [-0.15, -0.1) is 0 Å². The first-order valence-electron chi connectivity index (χ1n) is 6.39. The second-order valence-electron chi connectivity index (χ2n) is 4.84. The fraction of sp³-hybridized carbons (Fsp3) is 0.692. The molecule has 1 saturated carbocycles. The first kappa shape index (κ1) is 12.3. The summed E-state index contributed by atoms with van der Waals surface area (Å²) in [6.07, 6.45) is 7.51. The lowest BCUT2D eigenvalue weighted by molar-refractivity contribution is 0.155. The summed E-state index contributed by atoms with van der Waals surface area (Å²) in [5, 5.41) is 0. The molecule has 1 aliphatic carbocycles. The van der Waals surface area contributed by atoms with E-state index in [-0.39, 0.29) is 12.1 Å². The number of nitrogens with two attached hydrogens (primary N) is 1. The SMILES string of the molecule is Cc1ncc(OC2CCCCCC2N)nc1C. The van der Waals surface area contributed by atoms with Gasteiger partial charge in [0, 0.05) is 6.04 Å². The molecule has 2 rings (SSSR count). The third kappa shape index (κ3) is 3.16. The highest BCUT2D eigenvalue weighted by molar-refractivity contribution is 5.14. The van der Waals surface area contributed by atoms with E-state index < -0.39 is 0 Å². The van der Waals surface area contributed by atoms with Crippen LogP contribution in [0.1, 0.15) is 43.5 Å². The second-order valence-corrected chi connectivity index (χ2v) is 4.84. The Balaban J connectivity index is 2.05. The molecule has 94 valence electrons. The predicted octanol–water partition coefficient (Wildman–Crippen LogP) is 2.13. The minimum Gasteiger partial charge on any atom is -0.472 e. The number of aryl methyl sites for hydroxylation is 2. The van der Waals surface area contributed by atoms with Crippen molar-refractivity contribution in [3.8, 4) is 5.88 Å². The molecular weight excluding hydrogens is 214 g/mol. The van der Waals surface area contributed by atoms with Crippen LogP contribution in [0, 0.1) is 13.8 Å². The second kappa shape index (κ2) is 5.45. The summed E-state index contributed by atoms with van der Waals surface area (Å²) < 4.78 is 5.88. The Kier molecular flexibility index (Phi) is 3.94. The smallest absolute Gasteiger partial charge is 0.232 e. The minimum atomic E-state index is 0.0916. The van der Waals surface area contributed by atoms with Gasteiger partial charge in [0.25, 0.3) is 0 Å². The number of rotatable bonds is 2. The minimum absolute atomic E-state index is 0.0916. The van der Waals surface area contributed by atoms with E-state index in [1.54, 1.807) is 6.20 Å². The van der Waals surface area contributed by atoms with Crippen LogP contribution >= 0.6 is 0 Å². The van der Waals surface area contributed by atoms with Gasteiger partial charge in [-0.25, -0.2) is 4.98 Å². The van der Waals surface area contributed by atoms with Gasteiger partial charge in [0.1, 0.15) is 6.10 Å². The Labute approximate surface area is 103 Å². The van der Waals surface area contributed by atoms with Crippen molar-refractivity contribution in [2.75, 3.05) is 0 Å². The van der Waals surface area contributed by atoms with E-state index >= 15 is 0 Å². The molecule has 0 radical (unpaired) electrons. The van der Waals surface area contributed by atoms with Crippen LogP contribution in [0.15, 0.2) is 6.20 Å². The van der Waals surface area contributed by atoms with E-state index in [2.05, 4.69) is 9.97 Å². The molecular formula is C13H21N3O. The van der Waals surface area contributed by atoms with Crippen molar-refractivity contribution in [2.45, 2.75) is 58.1 Å². The Morgan fingerprint density at radius 1 is 1.18 bits per heavy atom. The van der Waals surface area contributed by atoms with Gasteiger partial charge in [-0.3, -0.25) is 4.98 Å². The van der Waals surface area contributed by atoms with Gasteiger partial charge in [-0.05, 0) is 33.1 Å². The van der Waals surface area contributed by atoms with Crippen LogP contribution in [0.25, 0.3) is 0 Å². The van der Waals surface area contributed by atoms with Gasteiger partial charge in [0.15, 0.2) is 0 Å². The molecule has 1 fully saturated rings. The number of nitrogens with zero attached hydrogens (tertiary/aromatic N) is 2. The molecule has 2 atom stereocenters. The first-order chi connectivity index (χ1) is 8.16. The van der Waals surface area contributed by atoms with Gasteiger partial charge in [-0.2, -0.15) is 0 Å². The zero-order valence-corrected chi connectivity index (χ0v) is 10.6. The monoisotopic (exact) mass is 235 g/mol. The number of hydrogen-bond acceptors (Lipinski definition) is 4. The van der Waals surface area contributed by atoms with Crippen LogP contribution in [0.4, 0.5) is 0 Å². The van der Waals surface area contributed by atoms with E-state index in [9.17, 15) is 0 Å². The van der Waals surface area contributed by atoms with Crippen molar-refractivity contribution in [1.29, 1.82) is 0 Å². The fourth-order valence-electron chi connectivity index (χ4n) is 2.18. The van der Waals surface area contributed by atoms with Gasteiger partial charge in [0.2, 0.25) is 5.88 Å². The summed E-state index contributed by atoms with van der Waals surface area (Å²) >= 11 is 0. The van der Waals surface area contributed by atoms with Crippen molar-refractivity contribution in [3.05, 3.63) is 17.6 Å². The lowest BCUT2D eigenvalue weighted by Gasteiger charge is -2.22. The van der Waals surface area contributed by atoms with E-state index in [1.165, 1.54) is 19.3 Å². The van der Waals surface area contributed by atoms with Crippen molar-refractivity contribution in [1.82, 2.24) is 9.97 Å². The van der Waals surface area contributed by atoms with Crippen molar-refractivity contribution >= 4 is 0 Å². The van der Waals surface area contributed by atoms with E-state index in [0.717, 1.165) is 24.2 Å². The molecule has 2 unspecified atom stereocenters. The molecule has 17 heavy (non-hydrogen) atoms. The first-order valence-corrected chi connectivity index (χ1v) is 6.39. The Morgan fingerprint density at radius 2 is 1.94 bits per heavy atom. The van der Waals surface area contributed by atoms with E-state index in [1.807, 2.05) is 13.8 Å². The third-order valence-electron chi connectivity index (χ3n) is 3.45. The zero-order chi connectivity index (χ0) is 12.3. The van der Waals surface area contributed by atoms with E-state index in [4.69, 9.17) is 10.5 Å². The Morgan fingerprint density at radius 3 is 2.71 bits per heavy atom. The molecule has 1 heterocycles. The molecule has 4 nitrogen and oxygen atoms in total. The van der Waals surface area contributed by atoms with Crippen LogP contribution in [0.5, 0.6) is 5.88 Å². The highest BCUT2D eigenvalue weighted by atomic mass is 16.5. The standard InChI is InChI=1S/C13H21N3O/c1-9-10(2)16-13(8-15-9)17-12-7-5-3-4-6-11(12)14/h8,11-12H,3-7,14H2,1-2H3. The summed E-state index contributed by atoms with van der Waals surface area (Å²) in [6, 6.07) is 0.126. The molecule has 1 aromatic rings. The quantitative estimate of drug-likeness (QED) is 0.798. The highest BCUT2D eigenvalue weighted by Gasteiger charge is 2.22. The molecule has 0 bridgehead atoms. The molecule has 0 spiro atoms. The fourth-order valence-corrected chi connectivity index (χ4v) is 2.18. The maximum atomic E-state index is 6.12. The third-order valence-corrected chi connectivity index (χ3v) is 3.45. The lowest BCUT2D eigenvalue weighted by Crippen LogP contribution is -2.38. The number of hydrogen-bond donors (Lipinski definition) is 1. The van der Waals surface area contributed by atoms with Crippen molar-refractivity contribution < 1.29 is 4.74 Å². The normalized spacial score (nSPS) is 25.4. The average Bonchev–Trinajstić information content (AvgIpc) is 2.50. The topological polar surface area (TPSA) is 61.0 Å². The van der Waals surface area contributed by atoms with Crippen LogP contribution in [0.2, 0.25) is 0 Å².